The number of nitrogens with zero attached hydrogens (tertiary/aromatic N) is 6. The monoisotopic (exact) mass is 818 g/mol. The van der Waals surface area contributed by atoms with E-state index in [-0.39, 0.29) is 50.6 Å². The quantitative estimate of drug-likeness (QED) is 0.0366. The zero-order valence-electron chi connectivity index (χ0n) is 28.1. The molecule has 0 fully saturated rings. The number of nitrogens with two attached hydrogens (primary N) is 1. The molecule has 6 rings (SSSR count). The van der Waals surface area contributed by atoms with Crippen LogP contribution in [0.4, 0.5) is 51.2 Å². The lowest BCUT2D eigenvalue weighted by Crippen LogP contribution is -2.03. The van der Waals surface area contributed by atoms with Crippen LogP contribution in [0.15, 0.2) is 155 Å². The SMILES string of the molecule is Nc1c(N=Nc2ccc(Nc3ccc(N=Nc4ccc(O)cc4)cc3)c(S(=O)(=O)O)c2)cc(S(=O)(=O)O)c2ccc(N=Nc3ccc(S(=O)(=O)O)cc3)c(O)c12. The van der Waals surface area contributed by atoms with E-state index < -0.39 is 50.8 Å². The first-order chi connectivity index (χ1) is 26.4. The van der Waals surface area contributed by atoms with Crippen LogP contribution in [0.3, 0.4) is 0 Å². The van der Waals surface area contributed by atoms with E-state index in [1.54, 1.807) is 36.4 Å². The van der Waals surface area contributed by atoms with E-state index in [0.717, 1.165) is 24.3 Å². The third-order valence-electron chi connectivity index (χ3n) is 7.71. The van der Waals surface area contributed by atoms with Gasteiger partial charge in [-0.25, -0.2) is 0 Å². The van der Waals surface area contributed by atoms with Crippen molar-refractivity contribution in [1.29, 1.82) is 0 Å². The fraction of sp³-hybridized carbons (Fsp3) is 0. The normalized spacial score (nSPS) is 12.6. The van der Waals surface area contributed by atoms with Gasteiger partial charge in [0.25, 0.3) is 30.4 Å². The summed E-state index contributed by atoms with van der Waals surface area (Å²) in [7, 11) is -14.3. The average molecular weight is 819 g/mol. The van der Waals surface area contributed by atoms with E-state index >= 15 is 0 Å². The van der Waals surface area contributed by atoms with Gasteiger partial charge in [0.05, 0.1) is 44.4 Å². The maximum absolute atomic E-state index is 12.4. The van der Waals surface area contributed by atoms with Crippen LogP contribution in [0.1, 0.15) is 0 Å². The third-order valence-corrected chi connectivity index (χ3v) is 10.4. The van der Waals surface area contributed by atoms with Crippen LogP contribution in [-0.2, 0) is 30.4 Å². The summed E-state index contributed by atoms with van der Waals surface area (Å²) in [6.45, 7) is 0. The van der Waals surface area contributed by atoms with Crippen LogP contribution in [-0.4, -0.2) is 49.1 Å². The van der Waals surface area contributed by atoms with Crippen molar-refractivity contribution in [3.8, 4) is 11.5 Å². The summed E-state index contributed by atoms with van der Waals surface area (Å²) in [4.78, 5) is -1.72. The number of hydrogen-bond donors (Lipinski definition) is 7. The van der Waals surface area contributed by atoms with E-state index in [4.69, 9.17) is 10.3 Å². The van der Waals surface area contributed by atoms with Crippen molar-refractivity contribution in [3.05, 3.63) is 109 Å². The van der Waals surface area contributed by atoms with E-state index in [0.29, 0.717) is 17.1 Å². The molecule has 56 heavy (non-hydrogen) atoms. The van der Waals surface area contributed by atoms with E-state index in [1.807, 2.05) is 0 Å². The molecule has 0 atom stereocenters. The number of hydrogen-bond acceptors (Lipinski definition) is 16. The Morgan fingerprint density at radius 1 is 0.500 bits per heavy atom. The molecule has 0 aliphatic rings. The van der Waals surface area contributed by atoms with Gasteiger partial charge >= 0.3 is 0 Å². The molecular formula is C34H26N8O11S3. The second-order valence-corrected chi connectivity index (χ2v) is 15.8. The molecule has 0 amide bonds. The van der Waals surface area contributed by atoms with Gasteiger partial charge in [-0.05, 0) is 103 Å². The molecule has 8 N–H and O–H groups in total. The fourth-order valence-corrected chi connectivity index (χ4v) is 6.90. The van der Waals surface area contributed by atoms with Crippen LogP contribution in [0.25, 0.3) is 10.8 Å². The summed E-state index contributed by atoms with van der Waals surface area (Å²) in [6.07, 6.45) is 0. The van der Waals surface area contributed by atoms with Gasteiger partial charge < -0.3 is 21.3 Å². The highest BCUT2D eigenvalue weighted by Crippen LogP contribution is 2.45. The number of phenols is 2. The van der Waals surface area contributed by atoms with Crippen molar-refractivity contribution < 1.29 is 49.1 Å². The Labute approximate surface area is 317 Å². The van der Waals surface area contributed by atoms with Crippen LogP contribution < -0.4 is 11.1 Å². The maximum atomic E-state index is 12.4. The molecule has 0 spiro atoms. The Balaban J connectivity index is 1.30. The summed E-state index contributed by atoms with van der Waals surface area (Å²) >= 11 is 0. The van der Waals surface area contributed by atoms with Gasteiger partial charge in [-0.3, -0.25) is 13.7 Å². The highest BCUT2D eigenvalue weighted by Gasteiger charge is 2.23. The fourth-order valence-electron chi connectivity index (χ4n) is 5.04. The molecule has 0 radical (unpaired) electrons. The molecule has 0 saturated carbocycles. The molecule has 6 aromatic rings. The van der Waals surface area contributed by atoms with Crippen LogP contribution in [0.5, 0.6) is 11.5 Å². The molecule has 0 bridgehead atoms. The van der Waals surface area contributed by atoms with Crippen molar-refractivity contribution in [2.24, 2.45) is 30.7 Å². The van der Waals surface area contributed by atoms with Crippen LogP contribution in [0, 0.1) is 0 Å². The highest BCUT2D eigenvalue weighted by atomic mass is 32.2. The molecule has 6 aromatic carbocycles. The molecule has 0 unspecified atom stereocenters. The van der Waals surface area contributed by atoms with Gasteiger partial charge in [0.15, 0.2) is 5.75 Å². The van der Waals surface area contributed by atoms with Gasteiger partial charge in [0, 0.05) is 11.1 Å². The molecule has 0 aliphatic heterocycles. The predicted octanol–water partition coefficient (Wildman–Crippen LogP) is 8.56. The topological polar surface area (TPSA) is 316 Å². The summed E-state index contributed by atoms with van der Waals surface area (Å²) in [5, 5.41) is 46.7. The number of azo groups is 3. The number of rotatable bonds is 11. The number of phenolic OH excluding ortho intramolecular Hbond substituents is 2. The standard InChI is InChI=1S/C34H26N8O11S3/c35-33-29(18-30(55(48,49)50)26-14-16-28(34(44)32(26)33)41-39-22-7-12-25(13-8-22)54(45,46)47)42-40-23-9-15-27(31(17-23)56(51,52)53)36-19-1-3-20(4-2-19)37-38-21-5-10-24(43)11-6-21/h1-18,36,43-44H,35H2,(H,45,46,47)(H,48,49,50)(H,51,52,53). The molecule has 0 aliphatic carbocycles. The minimum Gasteiger partial charge on any atom is -0.508 e. The number of nitrogen functional groups attached to an aromatic ring is 1. The maximum Gasteiger partial charge on any atom is 0.296 e. The van der Waals surface area contributed by atoms with Crippen molar-refractivity contribution in [1.82, 2.24) is 0 Å². The third kappa shape index (κ3) is 8.98. The first kappa shape index (κ1) is 39.0. The molecule has 0 saturated heterocycles. The molecule has 0 aromatic heterocycles. The molecule has 0 heterocycles. The summed E-state index contributed by atoms with van der Waals surface area (Å²) < 4.78 is 101. The van der Waals surface area contributed by atoms with Crippen molar-refractivity contribution in [3.63, 3.8) is 0 Å². The Bertz CT molecular complexity index is 2920. The number of anilines is 3. The highest BCUT2D eigenvalue weighted by molar-refractivity contribution is 7.86. The van der Waals surface area contributed by atoms with Gasteiger partial charge in [0.1, 0.15) is 26.9 Å². The molecular weight excluding hydrogens is 793 g/mol. The second-order valence-electron chi connectivity index (χ2n) is 11.6. The van der Waals surface area contributed by atoms with Crippen LogP contribution >= 0.6 is 0 Å². The zero-order valence-corrected chi connectivity index (χ0v) is 30.5. The van der Waals surface area contributed by atoms with Gasteiger partial charge in [-0.1, -0.05) is 6.07 Å². The number of fused-ring (bicyclic) bond motifs is 1. The van der Waals surface area contributed by atoms with E-state index in [2.05, 4.69) is 36.0 Å². The zero-order chi connectivity index (χ0) is 40.4. The largest absolute Gasteiger partial charge is 0.508 e. The number of nitrogens with one attached hydrogen (secondary N) is 1. The summed E-state index contributed by atoms with van der Waals surface area (Å²) in [5.74, 6) is -0.603. The lowest BCUT2D eigenvalue weighted by Gasteiger charge is -2.12. The number of benzene rings is 6. The molecule has 19 nitrogen and oxygen atoms in total. The van der Waals surface area contributed by atoms with Gasteiger partial charge in [-0.2, -0.15) is 45.7 Å². The second kappa shape index (κ2) is 15.2. The lowest BCUT2D eigenvalue weighted by atomic mass is 10.1. The summed E-state index contributed by atoms with van der Waals surface area (Å²) in [6, 6.07) is 23.8. The van der Waals surface area contributed by atoms with Crippen LogP contribution in [0.2, 0.25) is 0 Å². The predicted molar refractivity (Wildman–Crippen MR) is 203 cm³/mol. The minimum atomic E-state index is -4.97. The average Bonchev–Trinajstić information content (AvgIpc) is 3.14. The molecule has 22 heteroatoms. The van der Waals surface area contributed by atoms with E-state index in [9.17, 15) is 44.6 Å². The Morgan fingerprint density at radius 2 is 1.00 bits per heavy atom. The van der Waals surface area contributed by atoms with Crippen molar-refractivity contribution >= 4 is 92.3 Å². The smallest absolute Gasteiger partial charge is 0.296 e. The Morgan fingerprint density at radius 3 is 1.57 bits per heavy atom. The van der Waals surface area contributed by atoms with Crippen molar-refractivity contribution in [2.45, 2.75) is 14.7 Å². The Kier molecular flexibility index (Phi) is 10.6. The molecule has 286 valence electrons. The Hall–Kier alpha value is -6.69. The first-order valence-corrected chi connectivity index (χ1v) is 19.8. The van der Waals surface area contributed by atoms with E-state index in [1.165, 1.54) is 48.5 Å². The number of aromatic hydroxyl groups is 2. The van der Waals surface area contributed by atoms with Gasteiger partial charge in [0.2, 0.25) is 0 Å². The van der Waals surface area contributed by atoms with Crippen molar-refractivity contribution in [2.75, 3.05) is 11.1 Å². The minimum absolute atomic E-state index is 0.0511. The first-order valence-electron chi connectivity index (χ1n) is 15.5. The lowest BCUT2D eigenvalue weighted by molar-refractivity contribution is 0.475. The summed E-state index contributed by atoms with van der Waals surface area (Å²) in [5.41, 5.74) is 6.63. The van der Waals surface area contributed by atoms with Gasteiger partial charge in [-0.15, -0.1) is 10.2 Å².